The Balaban J connectivity index is 1.22. The van der Waals surface area contributed by atoms with Gasteiger partial charge < -0.3 is 5.11 Å². The number of Topliss-reactive ketones (excluding diaryl/α,β-unsaturated/α-hetero) is 1. The number of carbonyl (C=O) groups excluding carboxylic acids is 1. The van der Waals surface area contributed by atoms with Crippen molar-refractivity contribution in [3.05, 3.63) is 65.4 Å². The number of benzene rings is 2. The van der Waals surface area contributed by atoms with E-state index in [0.29, 0.717) is 53.5 Å². The summed E-state index contributed by atoms with van der Waals surface area (Å²) in [5, 5.41) is 18.2. The lowest BCUT2D eigenvalue weighted by Crippen LogP contribution is -2.44. The molecular weight excluding hydrogens is 448 g/mol. The summed E-state index contributed by atoms with van der Waals surface area (Å²) in [6.07, 6.45) is 7.05. The van der Waals surface area contributed by atoms with Crippen molar-refractivity contribution < 1.29 is 18.7 Å². The first kappa shape index (κ1) is 22.4. The predicted molar refractivity (Wildman–Crippen MR) is 127 cm³/mol. The van der Waals surface area contributed by atoms with Gasteiger partial charge in [0.15, 0.2) is 0 Å². The zero-order valence-electron chi connectivity index (χ0n) is 19.8. The van der Waals surface area contributed by atoms with Crippen LogP contribution >= 0.6 is 0 Å². The Labute approximate surface area is 203 Å². The van der Waals surface area contributed by atoms with Crippen LogP contribution in [0.5, 0.6) is 5.75 Å². The van der Waals surface area contributed by atoms with Crippen molar-refractivity contribution in [2.75, 3.05) is 0 Å². The second-order valence-corrected chi connectivity index (χ2v) is 10.9. The van der Waals surface area contributed by atoms with Crippen LogP contribution in [0.15, 0.2) is 42.6 Å². The number of hydrogen-bond donors (Lipinski definition) is 1. The molecule has 1 unspecified atom stereocenters. The van der Waals surface area contributed by atoms with E-state index in [1.165, 1.54) is 23.3 Å². The highest BCUT2D eigenvalue weighted by atomic mass is 19.1. The zero-order chi connectivity index (χ0) is 24.3. The highest BCUT2D eigenvalue weighted by molar-refractivity contribution is 5.87. The molecule has 0 spiro atoms. The number of aromatic nitrogens is 3. The molecule has 7 heteroatoms. The summed E-state index contributed by atoms with van der Waals surface area (Å²) in [5.41, 5.74) is 3.12. The van der Waals surface area contributed by atoms with Crippen LogP contribution in [0.4, 0.5) is 8.78 Å². The highest BCUT2D eigenvalue weighted by Gasteiger charge is 2.58. The van der Waals surface area contributed by atoms with Gasteiger partial charge in [-0.15, -0.1) is 5.10 Å². The van der Waals surface area contributed by atoms with Gasteiger partial charge >= 0.3 is 0 Å². The molecule has 0 saturated heterocycles. The van der Waals surface area contributed by atoms with E-state index in [0.717, 1.165) is 38.2 Å². The summed E-state index contributed by atoms with van der Waals surface area (Å²) in [6, 6.07) is 9.12. The van der Waals surface area contributed by atoms with Gasteiger partial charge in [0.1, 0.15) is 28.9 Å². The van der Waals surface area contributed by atoms with E-state index in [4.69, 9.17) is 0 Å². The Hall–Kier alpha value is -3.09. The van der Waals surface area contributed by atoms with Crippen LogP contribution in [0.3, 0.4) is 0 Å². The number of aryl methyl sites for hydroxylation is 2. The summed E-state index contributed by atoms with van der Waals surface area (Å²) in [7, 11) is 0. The number of rotatable bonds is 4. The quantitative estimate of drug-likeness (QED) is 0.526. The molecule has 0 amide bonds. The maximum absolute atomic E-state index is 13.6. The number of phenols is 1. The fraction of sp³-hybridized carbons (Fsp3) is 0.464. The van der Waals surface area contributed by atoms with Crippen LogP contribution < -0.4 is 0 Å². The van der Waals surface area contributed by atoms with E-state index >= 15 is 0 Å². The average molecular weight is 478 g/mol. The number of fused-ring (bicyclic) bond motifs is 5. The van der Waals surface area contributed by atoms with Crippen LogP contribution in [-0.4, -0.2) is 25.9 Å². The lowest BCUT2D eigenvalue weighted by Gasteiger charge is -2.50. The molecule has 2 saturated carbocycles. The van der Waals surface area contributed by atoms with Crippen LogP contribution in [0.1, 0.15) is 56.1 Å². The Kier molecular flexibility index (Phi) is 5.27. The minimum Gasteiger partial charge on any atom is -0.508 e. The number of hydrogen-bond acceptors (Lipinski definition) is 4. The van der Waals surface area contributed by atoms with Gasteiger partial charge in [-0.25, -0.2) is 8.78 Å². The number of ketones is 1. The van der Waals surface area contributed by atoms with Crippen molar-refractivity contribution in [2.24, 2.45) is 23.2 Å². The van der Waals surface area contributed by atoms with Crippen molar-refractivity contribution in [3.8, 4) is 17.0 Å². The number of nitrogens with zero attached hydrogens (tertiary/aromatic N) is 3. The van der Waals surface area contributed by atoms with Gasteiger partial charge in [0, 0.05) is 30.0 Å². The molecule has 35 heavy (non-hydrogen) atoms. The van der Waals surface area contributed by atoms with Crippen LogP contribution in [0.2, 0.25) is 0 Å². The fourth-order valence-corrected chi connectivity index (χ4v) is 7.43. The molecule has 0 radical (unpaired) electrons. The maximum atomic E-state index is 13.6. The van der Waals surface area contributed by atoms with Crippen LogP contribution in [0.25, 0.3) is 11.3 Å². The molecule has 6 rings (SSSR count). The molecular formula is C28H29F2N3O2. The van der Waals surface area contributed by atoms with Crippen LogP contribution in [-0.2, 0) is 17.8 Å². The van der Waals surface area contributed by atoms with Crippen molar-refractivity contribution in [1.82, 2.24) is 15.0 Å². The third-order valence-electron chi connectivity index (χ3n) is 8.98. The minimum atomic E-state index is -0.644. The molecule has 0 aliphatic heterocycles. The SMILES string of the molecule is CC12CC[C@@H]3c4ccc(O)cc4CC[C@H]3[C@@H]1[C@H](CCn1cc(-c3cc(F)cc(F)c3)nn1)CC2=O. The van der Waals surface area contributed by atoms with E-state index in [1.54, 1.807) is 16.9 Å². The Bertz CT molecular complexity index is 1280. The molecule has 2 aromatic carbocycles. The molecule has 3 aromatic rings. The van der Waals surface area contributed by atoms with Gasteiger partial charge in [0.2, 0.25) is 0 Å². The smallest absolute Gasteiger partial charge is 0.139 e. The van der Waals surface area contributed by atoms with Gasteiger partial charge in [0.25, 0.3) is 0 Å². The molecule has 2 fully saturated rings. The number of phenolic OH excluding ortho intramolecular Hbond substituents is 1. The third-order valence-corrected chi connectivity index (χ3v) is 8.98. The van der Waals surface area contributed by atoms with Crippen molar-refractivity contribution in [2.45, 2.75) is 57.9 Å². The first-order chi connectivity index (χ1) is 16.8. The second kappa shape index (κ2) is 8.25. The summed E-state index contributed by atoms with van der Waals surface area (Å²) in [4.78, 5) is 13.2. The molecule has 5 atom stereocenters. The highest BCUT2D eigenvalue weighted by Crippen LogP contribution is 2.62. The second-order valence-electron chi connectivity index (χ2n) is 10.9. The van der Waals surface area contributed by atoms with Gasteiger partial charge in [0.05, 0.1) is 6.20 Å². The summed E-state index contributed by atoms with van der Waals surface area (Å²) in [6.45, 7) is 2.78. The van der Waals surface area contributed by atoms with E-state index in [2.05, 4.69) is 23.3 Å². The van der Waals surface area contributed by atoms with Crippen LogP contribution in [0, 0.1) is 34.8 Å². The average Bonchev–Trinajstić information content (AvgIpc) is 3.39. The summed E-state index contributed by atoms with van der Waals surface area (Å²) >= 11 is 0. The largest absolute Gasteiger partial charge is 0.508 e. The normalized spacial score (nSPS) is 29.5. The topological polar surface area (TPSA) is 68.0 Å². The monoisotopic (exact) mass is 477 g/mol. The number of carbonyl (C=O) groups is 1. The first-order valence-corrected chi connectivity index (χ1v) is 12.5. The minimum absolute atomic E-state index is 0.271. The van der Waals surface area contributed by atoms with Gasteiger partial charge in [-0.05, 0) is 91.2 Å². The van der Waals surface area contributed by atoms with Gasteiger partial charge in [-0.3, -0.25) is 9.48 Å². The van der Waals surface area contributed by atoms with Gasteiger partial charge in [-0.2, -0.15) is 0 Å². The van der Waals surface area contributed by atoms with E-state index in [-0.39, 0.29) is 11.3 Å². The molecule has 3 aliphatic rings. The molecule has 1 heterocycles. The first-order valence-electron chi connectivity index (χ1n) is 12.5. The lowest BCUT2D eigenvalue weighted by molar-refractivity contribution is -0.129. The molecule has 182 valence electrons. The molecule has 1 aromatic heterocycles. The Morgan fingerprint density at radius 1 is 1.14 bits per heavy atom. The molecule has 1 N–H and O–H groups in total. The maximum Gasteiger partial charge on any atom is 0.139 e. The van der Waals surface area contributed by atoms with Crippen molar-refractivity contribution >= 4 is 5.78 Å². The Morgan fingerprint density at radius 2 is 1.94 bits per heavy atom. The summed E-state index contributed by atoms with van der Waals surface area (Å²) < 4.78 is 28.9. The standard InChI is InChI=1S/C28H29F2N3O2/c1-28-8-6-23-22-5-3-21(34)12-16(22)2-4-24(23)27(28)17(13-26(28)35)7-9-33-15-25(31-32-33)18-10-19(29)14-20(30)11-18/h3,5,10-12,14-15,17,23-24,27,34H,2,4,6-9,13H2,1H3/t17-,23-,24-,27+,28?/m1/s1. The fourth-order valence-electron chi connectivity index (χ4n) is 7.43. The van der Waals surface area contributed by atoms with Gasteiger partial charge in [-0.1, -0.05) is 18.2 Å². The lowest BCUT2D eigenvalue weighted by atomic mass is 9.54. The van der Waals surface area contributed by atoms with Crippen molar-refractivity contribution in [1.29, 1.82) is 0 Å². The van der Waals surface area contributed by atoms with E-state index in [9.17, 15) is 18.7 Å². The Morgan fingerprint density at radius 3 is 2.74 bits per heavy atom. The van der Waals surface area contributed by atoms with E-state index < -0.39 is 11.6 Å². The molecule has 0 bridgehead atoms. The molecule has 3 aliphatic carbocycles. The zero-order valence-corrected chi connectivity index (χ0v) is 19.8. The molecule has 5 nitrogen and oxygen atoms in total. The van der Waals surface area contributed by atoms with Crippen molar-refractivity contribution in [3.63, 3.8) is 0 Å². The van der Waals surface area contributed by atoms with E-state index in [1.807, 2.05) is 6.07 Å². The predicted octanol–water partition coefficient (Wildman–Crippen LogP) is 5.67. The summed E-state index contributed by atoms with van der Waals surface area (Å²) in [5.74, 6) is 0.926. The number of aromatic hydroxyl groups is 1. The third kappa shape index (κ3) is 3.76. The number of halogens is 2.